The summed E-state index contributed by atoms with van der Waals surface area (Å²) in [6.45, 7) is 5.04. The van der Waals surface area contributed by atoms with Crippen LogP contribution in [0.1, 0.15) is 18.1 Å². The van der Waals surface area contributed by atoms with E-state index in [2.05, 4.69) is 25.8 Å². The third kappa shape index (κ3) is 6.08. The molecular formula is C27H25N5O6S. The van der Waals surface area contributed by atoms with Crippen LogP contribution in [0, 0.1) is 13.8 Å². The van der Waals surface area contributed by atoms with Crippen LogP contribution in [0.15, 0.2) is 86.0 Å². The van der Waals surface area contributed by atoms with E-state index in [1.165, 1.54) is 26.2 Å². The number of fused-ring (bicyclic) bond motifs is 1. The topological polar surface area (TPSA) is 162 Å². The predicted molar refractivity (Wildman–Crippen MR) is 147 cm³/mol. The number of phenolic OH excluding ortho intramolecular Hbond substituents is 1. The minimum absolute atomic E-state index is 0.129. The first-order valence-corrected chi connectivity index (χ1v) is 13.0. The molecule has 0 heterocycles. The van der Waals surface area contributed by atoms with Crippen LogP contribution in [0.25, 0.3) is 10.8 Å². The van der Waals surface area contributed by atoms with Crippen LogP contribution in [0.4, 0.5) is 28.4 Å². The second kappa shape index (κ2) is 11.0. The number of aryl methyl sites for hydroxylation is 2. The molecule has 0 aliphatic carbocycles. The summed E-state index contributed by atoms with van der Waals surface area (Å²) in [6, 6.07) is 16.5. The van der Waals surface area contributed by atoms with Crippen LogP contribution in [-0.4, -0.2) is 31.1 Å². The third-order valence-corrected chi connectivity index (χ3v) is 6.60. The van der Waals surface area contributed by atoms with E-state index in [1.807, 2.05) is 31.2 Å². The Kier molecular flexibility index (Phi) is 7.70. The fourth-order valence-electron chi connectivity index (χ4n) is 3.82. The summed E-state index contributed by atoms with van der Waals surface area (Å²) in [5, 5.41) is 30.6. The van der Waals surface area contributed by atoms with E-state index in [1.54, 1.807) is 25.1 Å². The van der Waals surface area contributed by atoms with Crippen molar-refractivity contribution in [2.75, 3.05) is 12.4 Å². The minimum atomic E-state index is -4.81. The lowest BCUT2D eigenvalue weighted by molar-refractivity contribution is -0.114. The molecule has 0 saturated heterocycles. The number of hydrogen-bond donors (Lipinski definition) is 3. The van der Waals surface area contributed by atoms with E-state index in [0.717, 1.165) is 11.6 Å². The number of carbonyl (C=O) groups excluding carboxylic acids is 1. The zero-order chi connectivity index (χ0) is 28.3. The number of nitrogens with zero attached hydrogens (tertiary/aromatic N) is 4. The number of ether oxygens (including phenoxy) is 1. The van der Waals surface area contributed by atoms with Gasteiger partial charge in [0, 0.05) is 18.4 Å². The second-order valence-electron chi connectivity index (χ2n) is 8.68. The summed E-state index contributed by atoms with van der Waals surface area (Å²) in [6.07, 6.45) is 0. The number of carbonyl (C=O) groups is 1. The zero-order valence-electron chi connectivity index (χ0n) is 21.5. The van der Waals surface area contributed by atoms with Crippen LogP contribution in [-0.2, 0) is 14.9 Å². The highest BCUT2D eigenvalue weighted by atomic mass is 32.2. The maximum absolute atomic E-state index is 12.2. The molecule has 0 unspecified atom stereocenters. The Hall–Kier alpha value is -4.68. The van der Waals surface area contributed by atoms with Gasteiger partial charge in [-0.3, -0.25) is 9.35 Å². The van der Waals surface area contributed by atoms with Gasteiger partial charge in [-0.25, -0.2) is 0 Å². The number of amides is 1. The van der Waals surface area contributed by atoms with Gasteiger partial charge in [0.15, 0.2) is 5.75 Å². The van der Waals surface area contributed by atoms with Gasteiger partial charge in [0.05, 0.1) is 24.2 Å². The maximum atomic E-state index is 12.2. The first-order valence-electron chi connectivity index (χ1n) is 11.6. The van der Waals surface area contributed by atoms with Crippen molar-refractivity contribution in [2.24, 2.45) is 20.5 Å². The van der Waals surface area contributed by atoms with Crippen LogP contribution >= 0.6 is 0 Å². The summed E-state index contributed by atoms with van der Waals surface area (Å²) in [7, 11) is -3.40. The molecule has 0 aliphatic rings. The molecule has 0 atom stereocenters. The fraction of sp³-hybridized carbons (Fsp3) is 0.148. The average molecular weight is 548 g/mol. The maximum Gasteiger partial charge on any atom is 0.296 e. The van der Waals surface area contributed by atoms with Crippen molar-refractivity contribution in [3.63, 3.8) is 0 Å². The van der Waals surface area contributed by atoms with Gasteiger partial charge in [-0.05, 0) is 55.1 Å². The van der Waals surface area contributed by atoms with Crippen LogP contribution in [0.5, 0.6) is 11.5 Å². The molecule has 0 saturated carbocycles. The molecule has 0 aliphatic heterocycles. The lowest BCUT2D eigenvalue weighted by Crippen LogP contribution is -2.06. The molecule has 0 radical (unpaired) electrons. The monoisotopic (exact) mass is 547 g/mol. The predicted octanol–water partition coefficient (Wildman–Crippen LogP) is 7.21. The lowest BCUT2D eigenvalue weighted by atomic mass is 10.1. The number of rotatable bonds is 7. The molecular weight excluding hydrogens is 522 g/mol. The van der Waals surface area contributed by atoms with Crippen LogP contribution in [0.3, 0.4) is 0 Å². The number of benzene rings is 4. The Bertz CT molecular complexity index is 1750. The molecule has 0 fully saturated rings. The molecule has 1 amide bonds. The van der Waals surface area contributed by atoms with Crippen LogP contribution < -0.4 is 10.1 Å². The first-order chi connectivity index (χ1) is 18.5. The molecule has 200 valence electrons. The summed E-state index contributed by atoms with van der Waals surface area (Å²) in [4.78, 5) is 11.0. The van der Waals surface area contributed by atoms with E-state index in [9.17, 15) is 22.9 Å². The van der Waals surface area contributed by atoms with E-state index in [4.69, 9.17) is 4.74 Å². The van der Waals surface area contributed by atoms with Crippen molar-refractivity contribution in [1.29, 1.82) is 0 Å². The zero-order valence-corrected chi connectivity index (χ0v) is 22.3. The van der Waals surface area contributed by atoms with E-state index in [0.29, 0.717) is 16.9 Å². The third-order valence-electron chi connectivity index (χ3n) is 5.73. The highest BCUT2D eigenvalue weighted by Gasteiger charge is 2.24. The van der Waals surface area contributed by atoms with Gasteiger partial charge in [-0.15, -0.1) is 10.2 Å². The number of phenols is 1. The number of anilines is 1. The van der Waals surface area contributed by atoms with E-state index in [-0.39, 0.29) is 27.9 Å². The Balaban J connectivity index is 1.81. The lowest BCUT2D eigenvalue weighted by Gasteiger charge is -2.13. The molecule has 4 aromatic rings. The minimum Gasteiger partial charge on any atom is -0.505 e. The van der Waals surface area contributed by atoms with E-state index < -0.39 is 32.4 Å². The molecule has 4 rings (SSSR count). The van der Waals surface area contributed by atoms with Crippen molar-refractivity contribution in [3.05, 3.63) is 71.8 Å². The summed E-state index contributed by atoms with van der Waals surface area (Å²) < 4.78 is 39.6. The van der Waals surface area contributed by atoms with Gasteiger partial charge < -0.3 is 15.2 Å². The van der Waals surface area contributed by atoms with Crippen molar-refractivity contribution in [1.82, 2.24) is 0 Å². The summed E-state index contributed by atoms with van der Waals surface area (Å²) >= 11 is 0. The number of azo groups is 2. The molecule has 0 aromatic heterocycles. The van der Waals surface area contributed by atoms with Gasteiger partial charge in [0.1, 0.15) is 22.0 Å². The Morgan fingerprint density at radius 3 is 2.26 bits per heavy atom. The largest absolute Gasteiger partial charge is 0.505 e. The Morgan fingerprint density at radius 1 is 0.923 bits per heavy atom. The smallest absolute Gasteiger partial charge is 0.296 e. The molecule has 4 aromatic carbocycles. The fourth-order valence-corrected chi connectivity index (χ4v) is 4.48. The van der Waals surface area contributed by atoms with Gasteiger partial charge in [0.25, 0.3) is 10.1 Å². The van der Waals surface area contributed by atoms with Gasteiger partial charge in [-0.1, -0.05) is 29.8 Å². The first kappa shape index (κ1) is 27.4. The molecule has 3 N–H and O–H groups in total. The number of aromatic hydroxyl groups is 1. The normalized spacial score (nSPS) is 11.9. The molecule has 0 bridgehead atoms. The molecule has 39 heavy (non-hydrogen) atoms. The molecule has 12 heteroatoms. The number of methoxy groups -OCH3 is 1. The van der Waals surface area contributed by atoms with Gasteiger partial charge in [0.2, 0.25) is 5.91 Å². The number of hydrogen-bond acceptors (Lipinski definition) is 9. The van der Waals surface area contributed by atoms with Crippen LogP contribution in [0.2, 0.25) is 0 Å². The van der Waals surface area contributed by atoms with E-state index >= 15 is 0 Å². The van der Waals surface area contributed by atoms with Gasteiger partial charge in [-0.2, -0.15) is 18.6 Å². The van der Waals surface area contributed by atoms with Crippen molar-refractivity contribution < 1.29 is 27.6 Å². The molecule has 0 spiro atoms. The Labute approximate surface area is 224 Å². The highest BCUT2D eigenvalue weighted by Crippen LogP contribution is 2.45. The highest BCUT2D eigenvalue weighted by molar-refractivity contribution is 7.86. The Morgan fingerprint density at radius 2 is 1.62 bits per heavy atom. The summed E-state index contributed by atoms with van der Waals surface area (Å²) in [5.74, 6) is -0.731. The molecule has 11 nitrogen and oxygen atoms in total. The van der Waals surface area contributed by atoms with Crippen molar-refractivity contribution in [3.8, 4) is 11.5 Å². The van der Waals surface area contributed by atoms with Crippen molar-refractivity contribution >= 4 is 55.2 Å². The number of nitrogens with one attached hydrogen (secondary N) is 1. The quantitative estimate of drug-likeness (QED) is 0.163. The second-order valence-corrected chi connectivity index (χ2v) is 10.1. The van der Waals surface area contributed by atoms with Gasteiger partial charge >= 0.3 is 0 Å². The standard InChI is InChI=1S/C27H25N5O6S/c1-15-8-10-19(11-9-15)29-30-21-14-23(38-4)22(12-16(21)2)31-32-26-24(39(35,36)37)13-18-6-5-7-20(28-17(3)33)25(18)27(26)34/h5-14,34H,1-4H3,(H,28,33)(H,35,36,37)/b30-29+,32-31+. The average Bonchev–Trinajstić information content (AvgIpc) is 2.87. The SMILES string of the molecule is COc1cc(/N=N/c2ccc(C)cc2)c(C)cc1/N=N/c1c(S(=O)(=O)O)cc2cccc(NC(C)=O)c2c1O. The summed E-state index contributed by atoms with van der Waals surface area (Å²) in [5.41, 5.74) is 2.89. The van der Waals surface area contributed by atoms with Crippen molar-refractivity contribution in [2.45, 2.75) is 25.7 Å².